The van der Waals surface area contributed by atoms with Crippen LogP contribution in [0.1, 0.15) is 17.9 Å². The van der Waals surface area contributed by atoms with Gasteiger partial charge in [-0.3, -0.25) is 0 Å². The summed E-state index contributed by atoms with van der Waals surface area (Å²) in [5, 5.41) is 3.22. The summed E-state index contributed by atoms with van der Waals surface area (Å²) in [7, 11) is 0. The van der Waals surface area contributed by atoms with E-state index in [0.717, 1.165) is 18.1 Å². The van der Waals surface area contributed by atoms with E-state index in [0.29, 0.717) is 6.54 Å². The smallest absolute Gasteiger partial charge is 0.202 e. The van der Waals surface area contributed by atoms with Gasteiger partial charge in [-0.2, -0.15) is 0 Å². The van der Waals surface area contributed by atoms with E-state index in [-0.39, 0.29) is 5.38 Å². The van der Waals surface area contributed by atoms with E-state index >= 15 is 0 Å². The SMILES string of the molecule is CCn1ccnc1NCC(Cl)c1ccccc1. The molecule has 4 heteroatoms. The first-order chi connectivity index (χ1) is 8.31. The summed E-state index contributed by atoms with van der Waals surface area (Å²) in [6.07, 6.45) is 3.74. The van der Waals surface area contributed by atoms with Crippen LogP contribution in [-0.4, -0.2) is 16.1 Å². The predicted molar refractivity (Wildman–Crippen MR) is 71.4 cm³/mol. The molecule has 2 rings (SSSR count). The molecule has 1 aromatic heterocycles. The van der Waals surface area contributed by atoms with Crippen LogP contribution >= 0.6 is 11.6 Å². The van der Waals surface area contributed by atoms with Crippen molar-refractivity contribution in [2.45, 2.75) is 18.8 Å². The third kappa shape index (κ3) is 3.01. The Balaban J connectivity index is 1.95. The van der Waals surface area contributed by atoms with E-state index in [1.165, 1.54) is 0 Å². The summed E-state index contributed by atoms with van der Waals surface area (Å²) >= 11 is 6.32. The van der Waals surface area contributed by atoms with Crippen LogP contribution in [0.25, 0.3) is 0 Å². The molecule has 0 spiro atoms. The normalized spacial score (nSPS) is 12.4. The third-order valence-electron chi connectivity index (χ3n) is 2.66. The van der Waals surface area contributed by atoms with Gasteiger partial charge >= 0.3 is 0 Å². The number of benzene rings is 1. The highest BCUT2D eigenvalue weighted by atomic mass is 35.5. The van der Waals surface area contributed by atoms with Gasteiger partial charge in [0.2, 0.25) is 5.95 Å². The van der Waals surface area contributed by atoms with Crippen molar-refractivity contribution in [1.82, 2.24) is 9.55 Å². The lowest BCUT2D eigenvalue weighted by molar-refractivity contribution is 0.760. The Morgan fingerprint density at radius 1 is 1.35 bits per heavy atom. The van der Waals surface area contributed by atoms with E-state index in [2.05, 4.69) is 21.8 Å². The van der Waals surface area contributed by atoms with Crippen molar-refractivity contribution < 1.29 is 0 Å². The van der Waals surface area contributed by atoms with E-state index in [9.17, 15) is 0 Å². The fourth-order valence-corrected chi connectivity index (χ4v) is 1.91. The molecule has 0 aliphatic rings. The molecule has 0 saturated heterocycles. The van der Waals surface area contributed by atoms with Crippen LogP contribution in [0.4, 0.5) is 5.95 Å². The molecule has 1 aromatic carbocycles. The molecule has 1 atom stereocenters. The Morgan fingerprint density at radius 2 is 2.12 bits per heavy atom. The fourth-order valence-electron chi connectivity index (χ4n) is 1.69. The lowest BCUT2D eigenvalue weighted by Gasteiger charge is -2.12. The maximum atomic E-state index is 6.32. The zero-order valence-electron chi connectivity index (χ0n) is 9.81. The van der Waals surface area contributed by atoms with Crippen molar-refractivity contribution in [3.8, 4) is 0 Å². The van der Waals surface area contributed by atoms with Gasteiger partial charge in [-0.05, 0) is 12.5 Å². The number of aromatic nitrogens is 2. The number of nitrogens with zero attached hydrogens (tertiary/aromatic N) is 2. The number of nitrogens with one attached hydrogen (secondary N) is 1. The first-order valence-electron chi connectivity index (χ1n) is 5.75. The number of rotatable bonds is 5. The summed E-state index contributed by atoms with van der Waals surface area (Å²) in [6.45, 7) is 3.66. The minimum absolute atomic E-state index is 0.0433. The van der Waals surface area contributed by atoms with Crippen LogP contribution < -0.4 is 5.32 Å². The van der Waals surface area contributed by atoms with Gasteiger partial charge in [-0.1, -0.05) is 30.3 Å². The number of aryl methyl sites for hydroxylation is 1. The van der Waals surface area contributed by atoms with Gasteiger partial charge in [0.1, 0.15) is 0 Å². The maximum absolute atomic E-state index is 6.32. The van der Waals surface area contributed by atoms with Gasteiger partial charge in [-0.15, -0.1) is 11.6 Å². The van der Waals surface area contributed by atoms with Gasteiger partial charge in [-0.25, -0.2) is 4.98 Å². The fraction of sp³-hybridized carbons (Fsp3) is 0.308. The Kier molecular flexibility index (Phi) is 4.04. The number of alkyl halides is 1. The van der Waals surface area contributed by atoms with E-state index in [1.807, 2.05) is 36.5 Å². The standard InChI is InChI=1S/C13H16ClN3/c1-2-17-9-8-15-13(17)16-10-12(14)11-6-4-3-5-7-11/h3-9,12H,2,10H2,1H3,(H,15,16). The second-order valence-electron chi connectivity index (χ2n) is 3.80. The number of anilines is 1. The first kappa shape index (κ1) is 12.0. The first-order valence-corrected chi connectivity index (χ1v) is 6.19. The average Bonchev–Trinajstić information content (AvgIpc) is 2.84. The third-order valence-corrected chi connectivity index (χ3v) is 3.06. The van der Waals surface area contributed by atoms with Crippen LogP contribution in [0, 0.1) is 0 Å². The molecule has 17 heavy (non-hydrogen) atoms. The van der Waals surface area contributed by atoms with Gasteiger partial charge in [0.15, 0.2) is 0 Å². The summed E-state index contributed by atoms with van der Waals surface area (Å²) in [6, 6.07) is 10.1. The van der Waals surface area contributed by atoms with Crippen molar-refractivity contribution in [3.63, 3.8) is 0 Å². The predicted octanol–water partition coefficient (Wildman–Crippen LogP) is 3.30. The molecular weight excluding hydrogens is 234 g/mol. The Labute approximate surface area is 106 Å². The molecule has 90 valence electrons. The second kappa shape index (κ2) is 5.73. The molecule has 3 nitrogen and oxygen atoms in total. The number of halogens is 1. The quantitative estimate of drug-likeness (QED) is 0.824. The van der Waals surface area contributed by atoms with Crippen molar-refractivity contribution in [2.75, 3.05) is 11.9 Å². The van der Waals surface area contributed by atoms with Crippen LogP contribution in [-0.2, 0) is 6.54 Å². The number of hydrogen-bond donors (Lipinski definition) is 1. The molecular formula is C13H16ClN3. The lowest BCUT2D eigenvalue weighted by Crippen LogP contribution is -2.12. The molecule has 0 bridgehead atoms. The highest BCUT2D eigenvalue weighted by Crippen LogP contribution is 2.20. The summed E-state index contributed by atoms with van der Waals surface area (Å²) < 4.78 is 2.05. The molecule has 2 aromatic rings. The molecule has 0 amide bonds. The van der Waals surface area contributed by atoms with Crippen molar-refractivity contribution >= 4 is 17.5 Å². The van der Waals surface area contributed by atoms with Crippen LogP contribution in [0.3, 0.4) is 0 Å². The molecule has 0 aliphatic carbocycles. The molecule has 1 unspecified atom stereocenters. The largest absolute Gasteiger partial charge is 0.354 e. The maximum Gasteiger partial charge on any atom is 0.202 e. The lowest BCUT2D eigenvalue weighted by atomic mass is 10.1. The van der Waals surface area contributed by atoms with Crippen LogP contribution in [0.15, 0.2) is 42.7 Å². The van der Waals surface area contributed by atoms with Crippen molar-refractivity contribution in [3.05, 3.63) is 48.3 Å². The molecule has 0 aliphatic heterocycles. The average molecular weight is 250 g/mol. The van der Waals surface area contributed by atoms with Gasteiger partial charge < -0.3 is 9.88 Å². The Hall–Kier alpha value is -1.48. The minimum Gasteiger partial charge on any atom is -0.354 e. The van der Waals surface area contributed by atoms with Crippen LogP contribution in [0.5, 0.6) is 0 Å². The van der Waals surface area contributed by atoms with E-state index in [1.54, 1.807) is 6.20 Å². The Morgan fingerprint density at radius 3 is 2.82 bits per heavy atom. The minimum atomic E-state index is -0.0433. The summed E-state index contributed by atoms with van der Waals surface area (Å²) in [4.78, 5) is 4.25. The zero-order valence-corrected chi connectivity index (χ0v) is 10.6. The van der Waals surface area contributed by atoms with E-state index < -0.39 is 0 Å². The van der Waals surface area contributed by atoms with Crippen LogP contribution in [0.2, 0.25) is 0 Å². The molecule has 0 saturated carbocycles. The van der Waals surface area contributed by atoms with Gasteiger partial charge in [0.05, 0.1) is 5.38 Å². The monoisotopic (exact) mass is 249 g/mol. The number of imidazole rings is 1. The highest BCUT2D eigenvalue weighted by Gasteiger charge is 2.08. The molecule has 1 N–H and O–H groups in total. The van der Waals surface area contributed by atoms with Crippen molar-refractivity contribution in [1.29, 1.82) is 0 Å². The van der Waals surface area contributed by atoms with Gasteiger partial charge in [0, 0.05) is 25.5 Å². The zero-order chi connectivity index (χ0) is 12.1. The summed E-state index contributed by atoms with van der Waals surface area (Å²) in [5.74, 6) is 0.870. The molecule has 0 radical (unpaired) electrons. The second-order valence-corrected chi connectivity index (χ2v) is 4.32. The Bertz CT molecular complexity index is 453. The topological polar surface area (TPSA) is 29.9 Å². The number of hydrogen-bond acceptors (Lipinski definition) is 2. The van der Waals surface area contributed by atoms with E-state index in [4.69, 9.17) is 11.6 Å². The summed E-state index contributed by atoms with van der Waals surface area (Å²) in [5.41, 5.74) is 1.12. The molecule has 1 heterocycles. The van der Waals surface area contributed by atoms with Crippen molar-refractivity contribution in [2.24, 2.45) is 0 Å². The molecule has 0 fully saturated rings. The van der Waals surface area contributed by atoms with Gasteiger partial charge in [0.25, 0.3) is 0 Å². The highest BCUT2D eigenvalue weighted by molar-refractivity contribution is 6.21.